The summed E-state index contributed by atoms with van der Waals surface area (Å²) in [4.78, 5) is 29.3. The average Bonchev–Trinajstić information content (AvgIpc) is 2.98. The molecule has 0 aliphatic heterocycles. The standard InChI is InChI=1S/C16H16F3N3O3S/c1-3-11-9(2)7-12(26-11)14(24)22-21-13(23)10-5-4-6-20-15(10)25-8-16(17,18)19/h4-7H,3,8H2,1-2H3,(H,21,23)(H,22,24). The number of carbonyl (C=O) groups is 2. The number of nitrogens with zero attached hydrogens (tertiary/aromatic N) is 1. The van der Waals surface area contributed by atoms with E-state index in [0.29, 0.717) is 4.88 Å². The molecule has 2 aromatic rings. The highest BCUT2D eigenvalue weighted by Crippen LogP contribution is 2.22. The second-order valence-corrected chi connectivity index (χ2v) is 6.38. The fourth-order valence-corrected chi connectivity index (χ4v) is 3.06. The minimum atomic E-state index is -4.56. The van der Waals surface area contributed by atoms with Crippen LogP contribution < -0.4 is 15.6 Å². The van der Waals surface area contributed by atoms with Crippen molar-refractivity contribution in [3.8, 4) is 5.88 Å². The van der Waals surface area contributed by atoms with Crippen molar-refractivity contribution in [1.29, 1.82) is 0 Å². The van der Waals surface area contributed by atoms with E-state index >= 15 is 0 Å². The van der Waals surface area contributed by atoms with Gasteiger partial charge < -0.3 is 4.74 Å². The molecule has 0 saturated heterocycles. The van der Waals surface area contributed by atoms with Gasteiger partial charge in [0.05, 0.1) is 4.88 Å². The Morgan fingerprint density at radius 3 is 2.58 bits per heavy atom. The van der Waals surface area contributed by atoms with Gasteiger partial charge in [-0.1, -0.05) is 6.92 Å². The predicted octanol–water partition coefficient (Wildman–Crippen LogP) is 3.03. The van der Waals surface area contributed by atoms with Crippen LogP contribution in [0.15, 0.2) is 24.4 Å². The summed E-state index contributed by atoms with van der Waals surface area (Å²) in [6.07, 6.45) is -2.58. The number of carbonyl (C=O) groups excluding carboxylic acids is 2. The largest absolute Gasteiger partial charge is 0.467 e. The molecule has 2 aromatic heterocycles. The van der Waals surface area contributed by atoms with Crippen molar-refractivity contribution in [3.05, 3.63) is 45.3 Å². The zero-order valence-corrected chi connectivity index (χ0v) is 14.8. The number of rotatable bonds is 5. The summed E-state index contributed by atoms with van der Waals surface area (Å²) in [6.45, 7) is 2.27. The number of amides is 2. The molecule has 6 nitrogen and oxygen atoms in total. The smallest absolute Gasteiger partial charge is 0.422 e. The third-order valence-corrected chi connectivity index (χ3v) is 4.62. The van der Waals surface area contributed by atoms with E-state index in [-0.39, 0.29) is 5.56 Å². The lowest BCUT2D eigenvalue weighted by Gasteiger charge is -2.12. The first-order chi connectivity index (χ1) is 12.2. The maximum absolute atomic E-state index is 12.3. The Labute approximate surface area is 151 Å². The van der Waals surface area contributed by atoms with Crippen LogP contribution in [0.2, 0.25) is 0 Å². The molecule has 140 valence electrons. The molecule has 0 aliphatic carbocycles. The number of hydrazine groups is 1. The van der Waals surface area contributed by atoms with Gasteiger partial charge in [-0.25, -0.2) is 4.98 Å². The van der Waals surface area contributed by atoms with Crippen molar-refractivity contribution < 1.29 is 27.5 Å². The SMILES string of the molecule is CCc1sc(C(=O)NNC(=O)c2cccnc2OCC(F)(F)F)cc1C. The van der Waals surface area contributed by atoms with E-state index in [1.807, 2.05) is 13.8 Å². The first-order valence-corrected chi connectivity index (χ1v) is 8.37. The molecule has 0 unspecified atom stereocenters. The fourth-order valence-electron chi connectivity index (χ4n) is 2.05. The van der Waals surface area contributed by atoms with E-state index in [1.165, 1.54) is 29.7 Å². The number of hydrogen-bond donors (Lipinski definition) is 2. The second-order valence-electron chi connectivity index (χ2n) is 5.24. The first-order valence-electron chi connectivity index (χ1n) is 7.55. The number of halogens is 3. The van der Waals surface area contributed by atoms with Crippen LogP contribution in [0.4, 0.5) is 13.2 Å². The van der Waals surface area contributed by atoms with E-state index in [1.54, 1.807) is 6.07 Å². The molecular weight excluding hydrogens is 371 g/mol. The summed E-state index contributed by atoms with van der Waals surface area (Å²) in [5, 5.41) is 0. The topological polar surface area (TPSA) is 80.3 Å². The summed E-state index contributed by atoms with van der Waals surface area (Å²) in [6, 6.07) is 4.31. The molecule has 0 radical (unpaired) electrons. The Morgan fingerprint density at radius 2 is 1.96 bits per heavy atom. The van der Waals surface area contributed by atoms with Gasteiger partial charge in [-0.3, -0.25) is 20.4 Å². The van der Waals surface area contributed by atoms with Gasteiger partial charge in [-0.05, 0) is 37.1 Å². The number of thiophene rings is 1. The molecule has 2 amide bonds. The zero-order valence-electron chi connectivity index (χ0n) is 13.9. The minimum absolute atomic E-state index is 0.228. The van der Waals surface area contributed by atoms with E-state index < -0.39 is 30.5 Å². The van der Waals surface area contributed by atoms with Gasteiger partial charge in [0, 0.05) is 11.1 Å². The molecule has 0 atom stereocenters. The van der Waals surface area contributed by atoms with E-state index in [0.717, 1.165) is 16.9 Å². The highest BCUT2D eigenvalue weighted by Gasteiger charge is 2.29. The Kier molecular flexibility index (Phi) is 6.19. The maximum Gasteiger partial charge on any atom is 0.422 e. The summed E-state index contributed by atoms with van der Waals surface area (Å²) in [5.41, 5.74) is 5.12. The Hall–Kier alpha value is -2.62. The Morgan fingerprint density at radius 1 is 1.27 bits per heavy atom. The van der Waals surface area contributed by atoms with Gasteiger partial charge in [0.1, 0.15) is 5.56 Å². The van der Waals surface area contributed by atoms with Crippen LogP contribution >= 0.6 is 11.3 Å². The van der Waals surface area contributed by atoms with Crippen molar-refractivity contribution in [2.45, 2.75) is 26.4 Å². The number of aryl methyl sites for hydroxylation is 2. The summed E-state index contributed by atoms with van der Waals surface area (Å²) in [5.74, 6) is -1.84. The number of nitrogens with one attached hydrogen (secondary N) is 2. The van der Waals surface area contributed by atoms with Crippen LogP contribution in [-0.2, 0) is 6.42 Å². The second kappa shape index (κ2) is 8.17. The van der Waals surface area contributed by atoms with E-state index in [4.69, 9.17) is 0 Å². The normalized spacial score (nSPS) is 11.1. The van der Waals surface area contributed by atoms with Crippen LogP contribution in [0.25, 0.3) is 0 Å². The summed E-state index contributed by atoms with van der Waals surface area (Å²) < 4.78 is 41.4. The van der Waals surface area contributed by atoms with Gasteiger partial charge in [0.25, 0.3) is 11.8 Å². The van der Waals surface area contributed by atoms with Crippen LogP contribution in [0, 0.1) is 6.92 Å². The van der Waals surface area contributed by atoms with Crippen LogP contribution in [0.3, 0.4) is 0 Å². The van der Waals surface area contributed by atoms with Crippen LogP contribution in [0.1, 0.15) is 37.4 Å². The highest BCUT2D eigenvalue weighted by molar-refractivity contribution is 7.14. The molecule has 2 heterocycles. The van der Waals surface area contributed by atoms with Gasteiger partial charge >= 0.3 is 6.18 Å². The van der Waals surface area contributed by atoms with Gasteiger partial charge in [0.2, 0.25) is 5.88 Å². The third kappa shape index (κ3) is 5.19. The molecule has 0 fully saturated rings. The molecular formula is C16H16F3N3O3S. The third-order valence-electron chi connectivity index (χ3n) is 3.24. The maximum atomic E-state index is 12.3. The highest BCUT2D eigenvalue weighted by atomic mass is 32.1. The average molecular weight is 387 g/mol. The summed E-state index contributed by atoms with van der Waals surface area (Å²) in [7, 11) is 0. The molecule has 0 spiro atoms. The first kappa shape index (κ1) is 19.7. The lowest BCUT2D eigenvalue weighted by atomic mass is 10.2. The molecule has 0 saturated carbocycles. The van der Waals surface area contributed by atoms with Gasteiger partial charge in [-0.15, -0.1) is 11.3 Å². The van der Waals surface area contributed by atoms with Crippen molar-refractivity contribution in [2.75, 3.05) is 6.61 Å². The quantitative estimate of drug-likeness (QED) is 0.773. The molecule has 0 bridgehead atoms. The Bertz CT molecular complexity index is 806. The number of aromatic nitrogens is 1. The Balaban J connectivity index is 2.02. The molecule has 2 N–H and O–H groups in total. The van der Waals surface area contributed by atoms with Crippen molar-refractivity contribution in [1.82, 2.24) is 15.8 Å². The lowest BCUT2D eigenvalue weighted by Crippen LogP contribution is -2.41. The monoisotopic (exact) mass is 387 g/mol. The number of alkyl halides is 3. The number of ether oxygens (including phenoxy) is 1. The minimum Gasteiger partial charge on any atom is -0.467 e. The zero-order chi connectivity index (χ0) is 19.3. The van der Waals surface area contributed by atoms with Gasteiger partial charge in [0.15, 0.2) is 6.61 Å². The molecule has 2 rings (SSSR count). The van der Waals surface area contributed by atoms with Crippen LogP contribution in [0.5, 0.6) is 5.88 Å². The van der Waals surface area contributed by atoms with Crippen molar-refractivity contribution in [3.63, 3.8) is 0 Å². The fraction of sp³-hybridized carbons (Fsp3) is 0.312. The van der Waals surface area contributed by atoms with Crippen LogP contribution in [-0.4, -0.2) is 29.6 Å². The van der Waals surface area contributed by atoms with E-state index in [2.05, 4.69) is 20.6 Å². The predicted molar refractivity (Wildman–Crippen MR) is 89.2 cm³/mol. The summed E-state index contributed by atoms with van der Waals surface area (Å²) >= 11 is 1.30. The van der Waals surface area contributed by atoms with Crippen molar-refractivity contribution in [2.24, 2.45) is 0 Å². The molecule has 0 aromatic carbocycles. The van der Waals surface area contributed by atoms with E-state index in [9.17, 15) is 22.8 Å². The number of hydrogen-bond acceptors (Lipinski definition) is 5. The number of pyridine rings is 1. The molecule has 0 aliphatic rings. The molecule has 26 heavy (non-hydrogen) atoms. The molecule has 10 heteroatoms. The lowest BCUT2D eigenvalue weighted by molar-refractivity contribution is -0.154. The van der Waals surface area contributed by atoms with Gasteiger partial charge in [-0.2, -0.15) is 13.2 Å². The van der Waals surface area contributed by atoms with Crippen molar-refractivity contribution >= 4 is 23.2 Å².